The lowest BCUT2D eigenvalue weighted by atomic mass is 10.1. The Labute approximate surface area is 218 Å². The van der Waals surface area contributed by atoms with E-state index in [1.807, 2.05) is 74.5 Å². The molecule has 0 spiro atoms. The molecule has 1 aromatic heterocycles. The quantitative estimate of drug-likeness (QED) is 0.253. The first-order chi connectivity index (χ1) is 18.0. The Morgan fingerprint density at radius 1 is 0.919 bits per heavy atom. The highest BCUT2D eigenvalue weighted by atomic mass is 16.5. The number of carbonyl (C=O) groups is 1. The van der Waals surface area contributed by atoms with E-state index in [9.17, 15) is 4.79 Å². The Bertz CT molecular complexity index is 1330. The second-order valence-electron chi connectivity index (χ2n) is 9.03. The number of aromatic nitrogens is 2. The van der Waals surface area contributed by atoms with Crippen LogP contribution < -0.4 is 19.5 Å². The van der Waals surface area contributed by atoms with Crippen LogP contribution >= 0.6 is 0 Å². The molecule has 0 unspecified atom stereocenters. The average Bonchev–Trinajstić information content (AvgIpc) is 3.27. The Hall–Kier alpha value is -4.00. The van der Waals surface area contributed by atoms with Gasteiger partial charge in [0.2, 0.25) is 0 Å². The zero-order valence-corrected chi connectivity index (χ0v) is 21.8. The van der Waals surface area contributed by atoms with E-state index in [2.05, 4.69) is 16.0 Å². The van der Waals surface area contributed by atoms with E-state index in [0.29, 0.717) is 13.2 Å². The second-order valence-corrected chi connectivity index (χ2v) is 9.03. The number of amides is 1. The molecule has 0 saturated heterocycles. The first-order valence-electron chi connectivity index (χ1n) is 12.7. The van der Waals surface area contributed by atoms with E-state index in [1.54, 1.807) is 7.11 Å². The van der Waals surface area contributed by atoms with Crippen LogP contribution in [-0.2, 0) is 17.8 Å². The van der Waals surface area contributed by atoms with Crippen molar-refractivity contribution in [2.45, 2.75) is 39.7 Å². The van der Waals surface area contributed by atoms with Gasteiger partial charge in [-0.1, -0.05) is 36.4 Å². The highest BCUT2D eigenvalue weighted by molar-refractivity contribution is 5.77. The molecule has 4 rings (SSSR count). The third kappa shape index (κ3) is 7.03. The lowest BCUT2D eigenvalue weighted by Crippen LogP contribution is -2.30. The van der Waals surface area contributed by atoms with Crippen molar-refractivity contribution in [1.29, 1.82) is 0 Å². The van der Waals surface area contributed by atoms with Gasteiger partial charge in [0.15, 0.2) is 18.1 Å². The lowest BCUT2D eigenvalue weighted by molar-refractivity contribution is -0.123. The first kappa shape index (κ1) is 26.1. The van der Waals surface area contributed by atoms with Crippen LogP contribution in [0.1, 0.15) is 29.8 Å². The number of rotatable bonds is 13. The van der Waals surface area contributed by atoms with Gasteiger partial charge in [0.05, 0.1) is 24.8 Å². The van der Waals surface area contributed by atoms with E-state index in [0.717, 1.165) is 71.0 Å². The largest absolute Gasteiger partial charge is 0.493 e. The molecule has 7 heteroatoms. The van der Waals surface area contributed by atoms with Gasteiger partial charge in [-0.3, -0.25) is 4.79 Å². The van der Waals surface area contributed by atoms with Crippen molar-refractivity contribution in [3.05, 3.63) is 83.7 Å². The molecule has 0 bridgehead atoms. The number of carbonyl (C=O) groups excluding carboxylic acids is 1. The Balaban J connectivity index is 1.27. The molecule has 1 heterocycles. The molecule has 1 N–H and O–H groups in total. The molecule has 0 radical (unpaired) electrons. The standard InChI is InChI=1S/C30H35N3O4/c1-22-15-16-23(2)28(20-22)37-21-30(34)31-17-8-14-29-32-24-10-4-5-11-25(24)33(29)18-9-19-36-27-13-7-6-12-26(27)35-3/h4-7,10-13,15-16,20H,8-9,14,17-19,21H2,1-3H3,(H,31,34). The normalized spacial score (nSPS) is 10.9. The minimum Gasteiger partial charge on any atom is -0.493 e. The maximum Gasteiger partial charge on any atom is 0.257 e. The van der Waals surface area contributed by atoms with Gasteiger partial charge >= 0.3 is 0 Å². The fourth-order valence-electron chi connectivity index (χ4n) is 4.24. The van der Waals surface area contributed by atoms with Crippen LogP contribution in [-0.4, -0.2) is 42.3 Å². The number of fused-ring (bicyclic) bond motifs is 1. The summed E-state index contributed by atoms with van der Waals surface area (Å²) >= 11 is 0. The molecule has 4 aromatic rings. The Kier molecular flexibility index (Phi) is 9.03. The van der Waals surface area contributed by atoms with Crippen molar-refractivity contribution >= 4 is 16.9 Å². The van der Waals surface area contributed by atoms with Crippen LogP contribution in [0.2, 0.25) is 0 Å². The molecule has 0 saturated carbocycles. The van der Waals surface area contributed by atoms with Crippen molar-refractivity contribution in [3.63, 3.8) is 0 Å². The number of nitrogens with zero attached hydrogens (tertiary/aromatic N) is 2. The van der Waals surface area contributed by atoms with Crippen molar-refractivity contribution in [1.82, 2.24) is 14.9 Å². The SMILES string of the molecule is COc1ccccc1OCCCn1c(CCCNC(=O)COc2cc(C)ccc2C)nc2ccccc21. The molecule has 0 aliphatic heterocycles. The summed E-state index contributed by atoms with van der Waals surface area (Å²) in [7, 11) is 1.65. The number of hydrogen-bond donors (Lipinski definition) is 1. The van der Waals surface area contributed by atoms with Crippen LogP contribution in [0.4, 0.5) is 0 Å². The average molecular weight is 502 g/mol. The predicted octanol–water partition coefficient (Wildman–Crippen LogP) is 5.26. The van der Waals surface area contributed by atoms with E-state index < -0.39 is 0 Å². The number of ether oxygens (including phenoxy) is 3. The Morgan fingerprint density at radius 3 is 2.54 bits per heavy atom. The van der Waals surface area contributed by atoms with Gasteiger partial charge in [0, 0.05) is 19.5 Å². The van der Waals surface area contributed by atoms with Crippen molar-refractivity contribution in [3.8, 4) is 17.2 Å². The Morgan fingerprint density at radius 2 is 1.70 bits per heavy atom. The number of methoxy groups -OCH3 is 1. The minimum absolute atomic E-state index is 0.00893. The summed E-state index contributed by atoms with van der Waals surface area (Å²) < 4.78 is 19.3. The summed E-state index contributed by atoms with van der Waals surface area (Å²) in [5.74, 6) is 3.12. The summed E-state index contributed by atoms with van der Waals surface area (Å²) in [6, 6.07) is 21.8. The highest BCUT2D eigenvalue weighted by Crippen LogP contribution is 2.26. The van der Waals surface area contributed by atoms with Gasteiger partial charge in [-0.05, 0) is 68.1 Å². The zero-order chi connectivity index (χ0) is 26.0. The van der Waals surface area contributed by atoms with Gasteiger partial charge < -0.3 is 24.1 Å². The predicted molar refractivity (Wildman–Crippen MR) is 146 cm³/mol. The van der Waals surface area contributed by atoms with E-state index in [-0.39, 0.29) is 12.5 Å². The molecule has 37 heavy (non-hydrogen) atoms. The van der Waals surface area contributed by atoms with E-state index in [4.69, 9.17) is 19.2 Å². The summed E-state index contributed by atoms with van der Waals surface area (Å²) in [5.41, 5.74) is 4.22. The molecule has 3 aromatic carbocycles. The zero-order valence-electron chi connectivity index (χ0n) is 21.8. The van der Waals surface area contributed by atoms with Crippen molar-refractivity contribution in [2.24, 2.45) is 0 Å². The number of aryl methyl sites for hydroxylation is 4. The third-order valence-electron chi connectivity index (χ3n) is 6.19. The van der Waals surface area contributed by atoms with Crippen LogP contribution in [0.15, 0.2) is 66.7 Å². The second kappa shape index (κ2) is 12.8. The molecular weight excluding hydrogens is 466 g/mol. The van der Waals surface area contributed by atoms with Gasteiger partial charge in [-0.15, -0.1) is 0 Å². The molecule has 0 aliphatic rings. The summed E-state index contributed by atoms with van der Waals surface area (Å²) in [4.78, 5) is 17.1. The monoisotopic (exact) mass is 501 g/mol. The molecular formula is C30H35N3O4. The summed E-state index contributed by atoms with van der Waals surface area (Å²) in [5, 5.41) is 2.96. The van der Waals surface area contributed by atoms with E-state index >= 15 is 0 Å². The number of benzene rings is 3. The highest BCUT2D eigenvalue weighted by Gasteiger charge is 2.11. The lowest BCUT2D eigenvalue weighted by Gasteiger charge is -2.12. The molecule has 0 aliphatic carbocycles. The maximum atomic E-state index is 12.3. The van der Waals surface area contributed by atoms with Gasteiger partial charge in [-0.2, -0.15) is 0 Å². The van der Waals surface area contributed by atoms with Crippen LogP contribution in [0.5, 0.6) is 17.2 Å². The number of para-hydroxylation sites is 4. The maximum absolute atomic E-state index is 12.3. The van der Waals surface area contributed by atoms with Gasteiger partial charge in [0.25, 0.3) is 5.91 Å². The smallest absolute Gasteiger partial charge is 0.257 e. The number of nitrogens with one attached hydrogen (secondary N) is 1. The van der Waals surface area contributed by atoms with Crippen molar-refractivity contribution in [2.75, 3.05) is 26.9 Å². The van der Waals surface area contributed by atoms with E-state index in [1.165, 1.54) is 0 Å². The van der Waals surface area contributed by atoms with Gasteiger partial charge in [-0.25, -0.2) is 4.98 Å². The summed E-state index contributed by atoms with van der Waals surface area (Å²) in [6.45, 7) is 5.92. The fraction of sp³-hybridized carbons (Fsp3) is 0.333. The fourth-order valence-corrected chi connectivity index (χ4v) is 4.24. The number of hydrogen-bond acceptors (Lipinski definition) is 5. The molecule has 194 valence electrons. The summed E-state index contributed by atoms with van der Waals surface area (Å²) in [6.07, 6.45) is 2.38. The van der Waals surface area contributed by atoms with Crippen molar-refractivity contribution < 1.29 is 19.0 Å². The first-order valence-corrected chi connectivity index (χ1v) is 12.7. The molecule has 1 amide bonds. The third-order valence-corrected chi connectivity index (χ3v) is 6.19. The number of imidazole rings is 1. The van der Waals surface area contributed by atoms with Gasteiger partial charge in [0.1, 0.15) is 11.6 Å². The molecule has 7 nitrogen and oxygen atoms in total. The van der Waals surface area contributed by atoms with Crippen LogP contribution in [0.25, 0.3) is 11.0 Å². The minimum atomic E-state index is -0.122. The van der Waals surface area contributed by atoms with Crippen LogP contribution in [0.3, 0.4) is 0 Å². The molecule has 0 fully saturated rings. The topological polar surface area (TPSA) is 74.6 Å². The molecule has 0 atom stereocenters. The van der Waals surface area contributed by atoms with Crippen LogP contribution in [0, 0.1) is 13.8 Å².